The first-order valence-electron chi connectivity index (χ1n) is 12.4. The van der Waals surface area contributed by atoms with E-state index < -0.39 is 5.60 Å². The normalized spacial score (nSPS) is 19.8. The summed E-state index contributed by atoms with van der Waals surface area (Å²) in [5.41, 5.74) is 0.401. The quantitative estimate of drug-likeness (QED) is 0.583. The summed E-state index contributed by atoms with van der Waals surface area (Å²) >= 11 is 0. The van der Waals surface area contributed by atoms with E-state index >= 15 is 0 Å². The number of aromatic nitrogens is 1. The minimum atomic E-state index is -0.512. The van der Waals surface area contributed by atoms with Crippen LogP contribution in [0, 0.1) is 5.82 Å². The number of esters is 1. The maximum absolute atomic E-state index is 14.8. The fraction of sp³-hybridized carbons (Fsp3) is 0.615. The van der Waals surface area contributed by atoms with Crippen LogP contribution in [0.3, 0.4) is 0 Å². The van der Waals surface area contributed by atoms with Gasteiger partial charge in [-0.2, -0.15) is 0 Å². The average molecular weight is 490 g/mol. The molecule has 1 aromatic heterocycles. The molecule has 1 aromatic carbocycles. The molecule has 8 nitrogen and oxygen atoms in total. The van der Waals surface area contributed by atoms with Crippen molar-refractivity contribution < 1.29 is 28.2 Å². The van der Waals surface area contributed by atoms with E-state index in [9.17, 15) is 14.0 Å². The highest BCUT2D eigenvalue weighted by Gasteiger charge is 2.44. The third-order valence-corrected chi connectivity index (χ3v) is 6.67. The van der Waals surface area contributed by atoms with E-state index in [0.717, 1.165) is 30.2 Å². The van der Waals surface area contributed by atoms with Crippen LogP contribution in [0.1, 0.15) is 59.4 Å². The van der Waals surface area contributed by atoms with E-state index in [1.54, 1.807) is 17.9 Å². The maximum atomic E-state index is 14.8. The highest BCUT2D eigenvalue weighted by atomic mass is 19.1. The van der Waals surface area contributed by atoms with Gasteiger partial charge in [0.2, 0.25) is 0 Å². The number of ether oxygens (including phenoxy) is 3. The zero-order valence-electron chi connectivity index (χ0n) is 21.1. The van der Waals surface area contributed by atoms with Crippen LogP contribution in [0.4, 0.5) is 14.9 Å². The van der Waals surface area contributed by atoms with E-state index in [1.165, 1.54) is 6.07 Å². The average Bonchev–Trinajstić information content (AvgIpc) is 3.37. The third kappa shape index (κ3) is 5.89. The Labute approximate surface area is 205 Å². The fourth-order valence-corrected chi connectivity index (χ4v) is 4.93. The van der Waals surface area contributed by atoms with Crippen molar-refractivity contribution in [1.29, 1.82) is 0 Å². The zero-order chi connectivity index (χ0) is 25.2. The molecule has 2 saturated heterocycles. The molecule has 0 bridgehead atoms. The predicted octanol–water partition coefficient (Wildman–Crippen LogP) is 4.88. The topological polar surface area (TPSA) is 82.0 Å². The third-order valence-electron chi connectivity index (χ3n) is 6.67. The van der Waals surface area contributed by atoms with Crippen LogP contribution >= 0.6 is 0 Å². The summed E-state index contributed by atoms with van der Waals surface area (Å²) in [5.74, 6) is -0.666. The molecule has 2 aliphatic heterocycles. The smallest absolute Gasteiger partial charge is 0.410 e. The molecular weight excluding hydrogens is 453 g/mol. The molecule has 2 fully saturated rings. The Morgan fingerprint density at radius 3 is 2.69 bits per heavy atom. The molecule has 1 atom stereocenters. The Bertz CT molecular complexity index is 1070. The number of rotatable bonds is 6. The van der Waals surface area contributed by atoms with Gasteiger partial charge in [0, 0.05) is 37.3 Å². The largest absolute Gasteiger partial charge is 0.466 e. The van der Waals surface area contributed by atoms with Crippen LogP contribution < -0.4 is 5.32 Å². The number of hydrogen-bond acceptors (Lipinski definition) is 6. The standard InChI is InChI=1S/C26H36FN3O5/c1-5-33-23(31)6-10-28-21-14-18-7-11-30(22(18)15-20(21)27)19-16-26(34-17-19)8-12-29(13-9-26)24(32)35-25(2,3)4/h7,11,14-15,19,28H,5-6,8-10,12-13,16-17H2,1-4H3. The van der Waals surface area contributed by atoms with Crippen molar-refractivity contribution in [2.45, 2.75) is 70.6 Å². The number of carbonyl (C=O) groups is 2. The minimum absolute atomic E-state index is 0.0996. The van der Waals surface area contributed by atoms with Crippen molar-refractivity contribution in [2.24, 2.45) is 0 Å². The zero-order valence-corrected chi connectivity index (χ0v) is 21.1. The van der Waals surface area contributed by atoms with Crippen LogP contribution in [0.5, 0.6) is 0 Å². The number of fused-ring (bicyclic) bond motifs is 1. The Balaban J connectivity index is 1.38. The van der Waals surface area contributed by atoms with E-state index in [-0.39, 0.29) is 35.9 Å². The van der Waals surface area contributed by atoms with Gasteiger partial charge in [-0.1, -0.05) is 0 Å². The number of nitrogens with zero attached hydrogens (tertiary/aromatic N) is 2. The van der Waals surface area contributed by atoms with Gasteiger partial charge in [0.15, 0.2) is 0 Å². The Morgan fingerprint density at radius 2 is 2.00 bits per heavy atom. The van der Waals surface area contributed by atoms with E-state index in [4.69, 9.17) is 14.2 Å². The molecule has 3 heterocycles. The monoisotopic (exact) mass is 489 g/mol. The molecule has 2 aliphatic rings. The number of likely N-dealkylation sites (tertiary alicyclic amines) is 1. The summed E-state index contributed by atoms with van der Waals surface area (Å²) in [5, 5.41) is 3.92. The summed E-state index contributed by atoms with van der Waals surface area (Å²) in [6.07, 6.45) is 4.21. The molecular formula is C26H36FN3O5. The van der Waals surface area contributed by atoms with Gasteiger partial charge in [-0.05, 0) is 59.1 Å². The van der Waals surface area contributed by atoms with E-state index in [0.29, 0.717) is 38.5 Å². The van der Waals surface area contributed by atoms with Gasteiger partial charge in [0.05, 0.1) is 42.5 Å². The van der Waals surface area contributed by atoms with Gasteiger partial charge in [-0.25, -0.2) is 9.18 Å². The van der Waals surface area contributed by atoms with Gasteiger partial charge in [0.1, 0.15) is 11.4 Å². The van der Waals surface area contributed by atoms with Gasteiger partial charge in [0.25, 0.3) is 0 Å². The number of halogens is 1. The first kappa shape index (κ1) is 25.3. The van der Waals surface area contributed by atoms with Crippen molar-refractivity contribution in [3.8, 4) is 0 Å². The molecule has 1 spiro atoms. The highest BCUT2D eigenvalue weighted by molar-refractivity contribution is 5.84. The second-order valence-corrected chi connectivity index (χ2v) is 10.4. The summed E-state index contributed by atoms with van der Waals surface area (Å²) < 4.78 is 33.7. The Morgan fingerprint density at radius 1 is 1.26 bits per heavy atom. The lowest BCUT2D eigenvalue weighted by Gasteiger charge is -2.39. The number of carbonyl (C=O) groups excluding carboxylic acids is 2. The van der Waals surface area contributed by atoms with Crippen molar-refractivity contribution >= 4 is 28.7 Å². The van der Waals surface area contributed by atoms with E-state index in [1.807, 2.05) is 33.0 Å². The first-order chi connectivity index (χ1) is 16.6. The molecule has 1 amide bonds. The fourth-order valence-electron chi connectivity index (χ4n) is 4.93. The molecule has 2 aromatic rings. The van der Waals surface area contributed by atoms with Crippen LogP contribution in [-0.2, 0) is 19.0 Å². The lowest BCUT2D eigenvalue weighted by molar-refractivity contribution is -0.142. The molecule has 192 valence electrons. The van der Waals surface area contributed by atoms with Gasteiger partial charge in [-0.3, -0.25) is 4.79 Å². The summed E-state index contributed by atoms with van der Waals surface area (Å²) in [4.78, 5) is 25.7. The molecule has 0 saturated carbocycles. The van der Waals surface area contributed by atoms with Crippen LogP contribution in [0.15, 0.2) is 24.4 Å². The van der Waals surface area contributed by atoms with Crippen LogP contribution in [-0.4, -0.2) is 65.6 Å². The molecule has 0 radical (unpaired) electrons. The lowest BCUT2D eigenvalue weighted by Crippen LogP contribution is -2.47. The molecule has 1 unspecified atom stereocenters. The van der Waals surface area contributed by atoms with Crippen molar-refractivity contribution in [3.63, 3.8) is 0 Å². The second-order valence-electron chi connectivity index (χ2n) is 10.4. The highest BCUT2D eigenvalue weighted by Crippen LogP contribution is 2.42. The summed E-state index contributed by atoms with van der Waals surface area (Å²) in [6, 6.07) is 5.39. The minimum Gasteiger partial charge on any atom is -0.466 e. The van der Waals surface area contributed by atoms with Crippen molar-refractivity contribution in [1.82, 2.24) is 9.47 Å². The van der Waals surface area contributed by atoms with Gasteiger partial charge < -0.3 is 29.0 Å². The first-order valence-corrected chi connectivity index (χ1v) is 12.4. The van der Waals surface area contributed by atoms with E-state index in [2.05, 4.69) is 9.88 Å². The van der Waals surface area contributed by atoms with Gasteiger partial charge in [-0.15, -0.1) is 0 Å². The molecule has 1 N–H and O–H groups in total. The molecule has 4 rings (SSSR count). The number of nitrogens with one attached hydrogen (secondary N) is 1. The summed E-state index contributed by atoms with van der Waals surface area (Å²) in [6.45, 7) is 9.76. The number of anilines is 1. The van der Waals surface area contributed by atoms with Crippen LogP contribution in [0.2, 0.25) is 0 Å². The Kier molecular flexibility index (Phi) is 7.26. The SMILES string of the molecule is CCOC(=O)CCNc1cc2ccn(C3COC4(CCN(C(=O)OC(C)(C)C)CC4)C3)c2cc1F. The lowest BCUT2D eigenvalue weighted by atomic mass is 9.87. The molecule has 35 heavy (non-hydrogen) atoms. The van der Waals surface area contributed by atoms with Gasteiger partial charge >= 0.3 is 12.1 Å². The van der Waals surface area contributed by atoms with Crippen molar-refractivity contribution in [2.75, 3.05) is 38.2 Å². The number of benzene rings is 1. The molecule has 9 heteroatoms. The number of piperidine rings is 1. The number of amides is 1. The van der Waals surface area contributed by atoms with Crippen LogP contribution in [0.25, 0.3) is 10.9 Å². The predicted molar refractivity (Wildman–Crippen MR) is 131 cm³/mol. The van der Waals surface area contributed by atoms with Crippen molar-refractivity contribution in [3.05, 3.63) is 30.2 Å². The number of hydrogen-bond donors (Lipinski definition) is 1. The maximum Gasteiger partial charge on any atom is 0.410 e. The summed E-state index contributed by atoms with van der Waals surface area (Å²) in [7, 11) is 0. The molecule has 0 aliphatic carbocycles. The Hall–Kier alpha value is -2.81. The second kappa shape index (κ2) is 10.0.